The summed E-state index contributed by atoms with van der Waals surface area (Å²) in [5.41, 5.74) is 24.7. The largest absolute Gasteiger partial charge is 0.313 e. The summed E-state index contributed by atoms with van der Waals surface area (Å²) in [6.07, 6.45) is 15.3. The number of rotatable bonds is 16. The van der Waals surface area contributed by atoms with Crippen LogP contribution in [-0.4, -0.2) is 13.1 Å². The van der Waals surface area contributed by atoms with Crippen molar-refractivity contribution >= 4 is 11.1 Å². The molecule has 0 amide bonds. The van der Waals surface area contributed by atoms with Crippen molar-refractivity contribution in [3.63, 3.8) is 0 Å². The van der Waals surface area contributed by atoms with Crippen molar-refractivity contribution in [1.29, 1.82) is 0 Å². The summed E-state index contributed by atoms with van der Waals surface area (Å²) < 4.78 is 0. The fourth-order valence-corrected chi connectivity index (χ4v) is 9.25. The van der Waals surface area contributed by atoms with E-state index >= 15 is 0 Å². The number of allylic oxidation sites excluding steroid dienone is 7. The topological polar surface area (TPSA) is 12.0 Å². The molecule has 6 rings (SSSR count). The lowest BCUT2D eigenvalue weighted by Gasteiger charge is -2.25. The number of hydrogen-bond acceptors (Lipinski definition) is 1. The van der Waals surface area contributed by atoms with Crippen LogP contribution in [0.3, 0.4) is 0 Å². The van der Waals surface area contributed by atoms with Gasteiger partial charge in [-0.1, -0.05) is 143 Å². The van der Waals surface area contributed by atoms with Crippen molar-refractivity contribution in [2.75, 3.05) is 7.05 Å². The standard InChI is InChI=1S/C52H63N/c1-9-12-14-15-24-40(52(37(7)53-8)48-31-21-29-45-43-27-19-17-23-39(43)34-50(45)48)32-36(6)41(11-3)46(25-13-10-2)51(35(4)5)47-30-20-28-44-42-26-18-16-22-38(42)33-49(44)47/h16-23,26-32,37,53H,9-15,24-25,33-34H2,1-8H3/b36-32+,46-41+,52-40+. The number of benzene rings is 4. The van der Waals surface area contributed by atoms with Crippen LogP contribution in [0.25, 0.3) is 33.4 Å². The molecular formula is C52H63N. The molecule has 1 unspecified atom stereocenters. The van der Waals surface area contributed by atoms with Crippen molar-refractivity contribution in [1.82, 2.24) is 5.32 Å². The molecule has 0 saturated heterocycles. The highest BCUT2D eigenvalue weighted by atomic mass is 14.9. The maximum Gasteiger partial charge on any atom is 0.0297 e. The molecule has 2 aliphatic carbocycles. The molecule has 0 aliphatic heterocycles. The molecule has 0 saturated carbocycles. The van der Waals surface area contributed by atoms with Crippen LogP contribution in [0, 0.1) is 0 Å². The zero-order valence-electron chi connectivity index (χ0n) is 34.0. The van der Waals surface area contributed by atoms with E-state index in [0.29, 0.717) is 0 Å². The molecule has 4 aromatic rings. The number of fused-ring (bicyclic) bond motifs is 6. The van der Waals surface area contributed by atoms with Crippen LogP contribution in [0.1, 0.15) is 140 Å². The van der Waals surface area contributed by atoms with Crippen LogP contribution in [-0.2, 0) is 12.8 Å². The Morgan fingerprint density at radius 1 is 0.623 bits per heavy atom. The summed E-state index contributed by atoms with van der Waals surface area (Å²) in [7, 11) is 2.13. The molecule has 2 aliphatic rings. The molecule has 0 spiro atoms. The van der Waals surface area contributed by atoms with Gasteiger partial charge < -0.3 is 5.32 Å². The van der Waals surface area contributed by atoms with E-state index in [0.717, 1.165) is 32.1 Å². The van der Waals surface area contributed by atoms with E-state index < -0.39 is 0 Å². The summed E-state index contributed by atoms with van der Waals surface area (Å²) in [4.78, 5) is 0. The number of likely N-dealkylation sites (N-methyl/N-ethyl adjacent to an activating group) is 1. The lowest BCUT2D eigenvalue weighted by atomic mass is 9.81. The first kappa shape index (κ1) is 38.5. The molecular weight excluding hydrogens is 639 g/mol. The summed E-state index contributed by atoms with van der Waals surface area (Å²) in [5, 5.41) is 3.70. The van der Waals surface area contributed by atoms with Gasteiger partial charge in [-0.2, -0.15) is 0 Å². The monoisotopic (exact) mass is 701 g/mol. The SMILES string of the molecule is CCCCCCC(/C=C(C)/C(CC)=C(\CCCC)C(=C(C)C)c1cccc2c1Cc1ccccc1-2)=C(\c1cccc2c1Cc1ccccc1-2)C(C)NC. The van der Waals surface area contributed by atoms with E-state index in [1.54, 1.807) is 5.57 Å². The average molecular weight is 702 g/mol. The van der Waals surface area contributed by atoms with Crippen LogP contribution < -0.4 is 5.32 Å². The van der Waals surface area contributed by atoms with Gasteiger partial charge >= 0.3 is 0 Å². The Labute approximate surface area is 322 Å². The van der Waals surface area contributed by atoms with E-state index in [9.17, 15) is 0 Å². The Morgan fingerprint density at radius 3 is 1.75 bits per heavy atom. The Bertz CT molecular complexity index is 2060. The fourth-order valence-electron chi connectivity index (χ4n) is 9.25. The lowest BCUT2D eigenvalue weighted by molar-refractivity contribution is 0.664. The van der Waals surface area contributed by atoms with Gasteiger partial charge in [-0.05, 0) is 169 Å². The van der Waals surface area contributed by atoms with Gasteiger partial charge in [0.15, 0.2) is 0 Å². The smallest absolute Gasteiger partial charge is 0.0297 e. The van der Waals surface area contributed by atoms with E-state index in [2.05, 4.69) is 152 Å². The van der Waals surface area contributed by atoms with Gasteiger partial charge in [0.2, 0.25) is 0 Å². The first-order chi connectivity index (χ1) is 25.8. The highest BCUT2D eigenvalue weighted by molar-refractivity contribution is 5.90. The lowest BCUT2D eigenvalue weighted by Crippen LogP contribution is -2.24. The molecule has 276 valence electrons. The predicted octanol–water partition coefficient (Wildman–Crippen LogP) is 14.5. The van der Waals surface area contributed by atoms with Crippen LogP contribution in [0.5, 0.6) is 0 Å². The maximum absolute atomic E-state index is 3.70. The van der Waals surface area contributed by atoms with Crippen molar-refractivity contribution in [2.45, 2.75) is 125 Å². The van der Waals surface area contributed by atoms with Gasteiger partial charge in [-0.15, -0.1) is 0 Å². The average Bonchev–Trinajstić information content (AvgIpc) is 3.75. The molecule has 0 fully saturated rings. The quantitative estimate of drug-likeness (QED) is 0.0782. The molecule has 0 heterocycles. The third kappa shape index (κ3) is 8.02. The molecule has 0 aromatic heterocycles. The second kappa shape index (κ2) is 17.7. The minimum atomic E-state index is 0.228. The van der Waals surface area contributed by atoms with Crippen LogP contribution in [0.4, 0.5) is 0 Å². The molecule has 0 radical (unpaired) electrons. The highest BCUT2D eigenvalue weighted by Crippen LogP contribution is 2.46. The second-order valence-electron chi connectivity index (χ2n) is 15.7. The van der Waals surface area contributed by atoms with E-state index in [4.69, 9.17) is 0 Å². The van der Waals surface area contributed by atoms with E-state index in [1.807, 2.05) is 0 Å². The predicted molar refractivity (Wildman–Crippen MR) is 232 cm³/mol. The van der Waals surface area contributed by atoms with Crippen molar-refractivity contribution in [3.8, 4) is 22.3 Å². The Hall–Kier alpha value is -4.20. The first-order valence-electron chi connectivity index (χ1n) is 20.7. The Morgan fingerprint density at radius 2 is 1.19 bits per heavy atom. The van der Waals surface area contributed by atoms with Gasteiger partial charge in [0.1, 0.15) is 0 Å². The van der Waals surface area contributed by atoms with Gasteiger partial charge in [-0.25, -0.2) is 0 Å². The minimum absolute atomic E-state index is 0.228. The van der Waals surface area contributed by atoms with Gasteiger partial charge in [0.25, 0.3) is 0 Å². The van der Waals surface area contributed by atoms with Crippen LogP contribution >= 0.6 is 0 Å². The Kier molecular flexibility index (Phi) is 12.9. The number of nitrogens with one attached hydrogen (secondary N) is 1. The molecule has 1 N–H and O–H groups in total. The Balaban J connectivity index is 1.54. The third-order valence-corrected chi connectivity index (χ3v) is 11.9. The molecule has 1 heteroatoms. The zero-order valence-corrected chi connectivity index (χ0v) is 34.0. The van der Waals surface area contributed by atoms with E-state index in [1.165, 1.54) is 128 Å². The van der Waals surface area contributed by atoms with Gasteiger partial charge in [0, 0.05) is 6.04 Å². The molecule has 53 heavy (non-hydrogen) atoms. The van der Waals surface area contributed by atoms with Crippen molar-refractivity contribution in [3.05, 3.63) is 152 Å². The molecule has 1 nitrogen and oxygen atoms in total. The summed E-state index contributed by atoms with van der Waals surface area (Å²) in [6, 6.07) is 32.3. The highest BCUT2D eigenvalue weighted by Gasteiger charge is 2.27. The summed E-state index contributed by atoms with van der Waals surface area (Å²) in [6.45, 7) is 16.5. The minimum Gasteiger partial charge on any atom is -0.313 e. The van der Waals surface area contributed by atoms with Crippen LogP contribution in [0.15, 0.2) is 119 Å². The second-order valence-corrected chi connectivity index (χ2v) is 15.7. The normalized spacial score (nSPS) is 14.5. The fraction of sp³-hybridized carbons (Fsp3) is 0.385. The summed E-state index contributed by atoms with van der Waals surface area (Å²) >= 11 is 0. The first-order valence-corrected chi connectivity index (χ1v) is 20.7. The van der Waals surface area contributed by atoms with Gasteiger partial charge in [-0.3, -0.25) is 0 Å². The maximum atomic E-state index is 3.70. The third-order valence-electron chi connectivity index (χ3n) is 11.9. The number of hydrogen-bond donors (Lipinski definition) is 1. The van der Waals surface area contributed by atoms with Gasteiger partial charge in [0.05, 0.1) is 0 Å². The molecule has 1 atom stereocenters. The molecule has 0 bridgehead atoms. The molecule has 4 aromatic carbocycles. The van der Waals surface area contributed by atoms with Crippen LogP contribution in [0.2, 0.25) is 0 Å². The number of unbranched alkanes of at least 4 members (excludes halogenated alkanes) is 4. The van der Waals surface area contributed by atoms with E-state index in [-0.39, 0.29) is 6.04 Å². The van der Waals surface area contributed by atoms with Crippen molar-refractivity contribution < 1.29 is 0 Å². The summed E-state index contributed by atoms with van der Waals surface area (Å²) in [5.74, 6) is 0. The van der Waals surface area contributed by atoms with Crippen molar-refractivity contribution in [2.24, 2.45) is 0 Å². The zero-order chi connectivity index (χ0) is 37.5.